The molecule has 0 saturated carbocycles. The lowest BCUT2D eigenvalue weighted by Crippen LogP contribution is -2.53. The van der Waals surface area contributed by atoms with Gasteiger partial charge in [0.1, 0.15) is 0 Å². The van der Waals surface area contributed by atoms with Gasteiger partial charge in [-0.1, -0.05) is 12.1 Å². The van der Waals surface area contributed by atoms with Crippen molar-refractivity contribution in [1.29, 1.82) is 0 Å². The number of aryl methyl sites for hydroxylation is 1. The van der Waals surface area contributed by atoms with Crippen LogP contribution in [0.5, 0.6) is 0 Å². The monoisotopic (exact) mass is 323 g/mol. The van der Waals surface area contributed by atoms with Crippen LogP contribution < -0.4 is 5.32 Å². The third-order valence-electron chi connectivity index (χ3n) is 3.71. The second-order valence-electron chi connectivity index (χ2n) is 5.21. The zero-order chi connectivity index (χ0) is 16.7. The van der Waals surface area contributed by atoms with Gasteiger partial charge in [0.05, 0.1) is 18.8 Å². The van der Waals surface area contributed by atoms with Crippen LogP contribution in [0.3, 0.4) is 0 Å². The van der Waals surface area contributed by atoms with Gasteiger partial charge >= 0.3 is 6.09 Å². The minimum Gasteiger partial charge on any atom is -0.450 e. The summed E-state index contributed by atoms with van der Waals surface area (Å²) >= 11 is 0. The number of hydrogen-bond acceptors (Lipinski definition) is 5. The molecule has 0 aliphatic carbocycles. The van der Waals surface area contributed by atoms with Crippen LogP contribution in [0.2, 0.25) is 0 Å². The first kappa shape index (κ1) is 17.1. The third-order valence-corrected chi connectivity index (χ3v) is 3.71. The highest BCUT2D eigenvalue weighted by molar-refractivity contribution is 5.80. The first-order chi connectivity index (χ1) is 11.2. The highest BCUT2D eigenvalue weighted by Gasteiger charge is 2.23. The van der Waals surface area contributed by atoms with Gasteiger partial charge in [-0.05, 0) is 13.3 Å². The van der Waals surface area contributed by atoms with Crippen LogP contribution in [0.4, 0.5) is 4.79 Å². The van der Waals surface area contributed by atoms with Crippen LogP contribution in [-0.4, -0.2) is 66.8 Å². The van der Waals surface area contributed by atoms with Crippen LogP contribution in [0.15, 0.2) is 15.6 Å². The lowest BCUT2D eigenvalue weighted by Gasteiger charge is -2.35. The number of amides is 1. The Kier molecular flexibility index (Phi) is 6.25. The first-order valence-electron chi connectivity index (χ1n) is 7.99. The summed E-state index contributed by atoms with van der Waals surface area (Å²) in [7, 11) is 1.75. The number of piperazine rings is 1. The largest absolute Gasteiger partial charge is 0.450 e. The van der Waals surface area contributed by atoms with Gasteiger partial charge in [0.25, 0.3) is 0 Å². The number of nitrogens with zero attached hydrogens (tertiary/aromatic N) is 4. The molecule has 0 spiro atoms. The molecule has 1 aliphatic rings. The zero-order valence-corrected chi connectivity index (χ0v) is 14.0. The number of aromatic nitrogens is 1. The molecule has 128 valence electrons. The lowest BCUT2D eigenvalue weighted by molar-refractivity contribution is 0.0914. The molecule has 1 aromatic heterocycles. The molecule has 0 unspecified atom stereocenters. The molecule has 0 bridgehead atoms. The number of aliphatic imine (C=N–C) groups is 1. The minimum absolute atomic E-state index is 0.246. The molecule has 1 amide bonds. The predicted octanol–water partition coefficient (Wildman–Crippen LogP) is 1.09. The predicted molar refractivity (Wildman–Crippen MR) is 86.2 cm³/mol. The summed E-state index contributed by atoms with van der Waals surface area (Å²) in [5, 5.41) is 7.24. The maximum atomic E-state index is 11.7. The first-order valence-corrected chi connectivity index (χ1v) is 7.99. The summed E-state index contributed by atoms with van der Waals surface area (Å²) in [6, 6.07) is 1.94. The average molecular weight is 323 g/mol. The summed E-state index contributed by atoms with van der Waals surface area (Å²) in [5.74, 6) is 1.58. The van der Waals surface area contributed by atoms with Crippen molar-refractivity contribution in [2.45, 2.75) is 26.8 Å². The van der Waals surface area contributed by atoms with Gasteiger partial charge < -0.3 is 24.4 Å². The molecule has 1 N–H and O–H groups in total. The standard InChI is InChI=1S/C15H25N5O3/c1-4-12-10-13(23-18-12)11-17-14(16-3)19-6-8-20(9-7-19)15(21)22-5-2/h10H,4-9,11H2,1-3H3,(H,16,17). The number of guanidine groups is 1. The molecular formula is C15H25N5O3. The van der Waals surface area contributed by atoms with Crippen molar-refractivity contribution in [3.8, 4) is 0 Å². The number of carbonyl (C=O) groups is 1. The molecule has 2 rings (SSSR count). The van der Waals surface area contributed by atoms with Crippen molar-refractivity contribution in [2.75, 3.05) is 39.8 Å². The van der Waals surface area contributed by atoms with Crippen LogP contribution in [-0.2, 0) is 17.7 Å². The van der Waals surface area contributed by atoms with Crippen LogP contribution in [0, 0.1) is 0 Å². The van der Waals surface area contributed by atoms with E-state index in [2.05, 4.69) is 20.4 Å². The highest BCUT2D eigenvalue weighted by Crippen LogP contribution is 2.06. The second-order valence-corrected chi connectivity index (χ2v) is 5.21. The van der Waals surface area contributed by atoms with Crippen LogP contribution >= 0.6 is 0 Å². The van der Waals surface area contributed by atoms with Crippen molar-refractivity contribution in [3.63, 3.8) is 0 Å². The van der Waals surface area contributed by atoms with Gasteiger partial charge in [-0.25, -0.2) is 4.79 Å². The van der Waals surface area contributed by atoms with Crippen molar-refractivity contribution < 1.29 is 14.1 Å². The van der Waals surface area contributed by atoms with Gasteiger partial charge in [0, 0.05) is 39.3 Å². The van der Waals surface area contributed by atoms with Gasteiger partial charge in [-0.2, -0.15) is 0 Å². The van der Waals surface area contributed by atoms with E-state index in [0.717, 1.165) is 36.9 Å². The SMILES string of the molecule is CCOC(=O)N1CCN(C(=NC)NCc2cc(CC)no2)CC1. The van der Waals surface area contributed by atoms with E-state index in [0.29, 0.717) is 26.2 Å². The minimum atomic E-state index is -0.246. The molecule has 1 aliphatic heterocycles. The lowest BCUT2D eigenvalue weighted by atomic mass is 10.3. The second kappa shape index (κ2) is 8.40. The third kappa shape index (κ3) is 4.61. The molecule has 8 heteroatoms. The topological polar surface area (TPSA) is 83.2 Å². The number of ether oxygens (including phenoxy) is 1. The Morgan fingerprint density at radius 1 is 1.35 bits per heavy atom. The molecule has 1 saturated heterocycles. The molecule has 1 fully saturated rings. The van der Waals surface area contributed by atoms with Gasteiger partial charge in [0.15, 0.2) is 11.7 Å². The van der Waals surface area contributed by atoms with E-state index in [1.165, 1.54) is 0 Å². The Labute approximate surface area is 136 Å². The number of carbonyl (C=O) groups excluding carboxylic acids is 1. The van der Waals surface area contributed by atoms with Crippen molar-refractivity contribution >= 4 is 12.1 Å². The van der Waals surface area contributed by atoms with Crippen molar-refractivity contribution in [2.24, 2.45) is 4.99 Å². The molecule has 1 aromatic rings. The van der Waals surface area contributed by atoms with Gasteiger partial charge in [0.2, 0.25) is 0 Å². The number of nitrogens with one attached hydrogen (secondary N) is 1. The summed E-state index contributed by atoms with van der Waals surface area (Å²) in [6.45, 7) is 7.48. The van der Waals surface area contributed by atoms with Crippen LogP contribution in [0.1, 0.15) is 25.3 Å². The van der Waals surface area contributed by atoms with Crippen molar-refractivity contribution in [3.05, 3.63) is 17.5 Å². The average Bonchev–Trinajstić information content (AvgIpc) is 3.04. The normalized spacial score (nSPS) is 15.7. The molecule has 0 aromatic carbocycles. The van der Waals surface area contributed by atoms with E-state index in [4.69, 9.17) is 9.26 Å². The van der Waals surface area contributed by atoms with E-state index >= 15 is 0 Å². The van der Waals surface area contributed by atoms with Gasteiger partial charge in [-0.3, -0.25) is 4.99 Å². The van der Waals surface area contributed by atoms with Crippen molar-refractivity contribution in [1.82, 2.24) is 20.3 Å². The summed E-state index contributed by atoms with van der Waals surface area (Å²) in [5.41, 5.74) is 0.944. The zero-order valence-electron chi connectivity index (χ0n) is 14.0. The van der Waals surface area contributed by atoms with E-state index in [-0.39, 0.29) is 6.09 Å². The maximum absolute atomic E-state index is 11.7. The molecule has 2 heterocycles. The highest BCUT2D eigenvalue weighted by atomic mass is 16.6. The van der Waals surface area contributed by atoms with Crippen LogP contribution in [0.25, 0.3) is 0 Å². The molecule has 23 heavy (non-hydrogen) atoms. The fourth-order valence-corrected chi connectivity index (χ4v) is 2.42. The number of rotatable bonds is 4. The Morgan fingerprint density at radius 2 is 2.04 bits per heavy atom. The summed E-state index contributed by atoms with van der Waals surface area (Å²) in [6.07, 6.45) is 0.609. The van der Waals surface area contributed by atoms with Gasteiger partial charge in [-0.15, -0.1) is 0 Å². The summed E-state index contributed by atoms with van der Waals surface area (Å²) < 4.78 is 10.3. The molecule has 8 nitrogen and oxygen atoms in total. The Hall–Kier alpha value is -2.25. The molecule has 0 atom stereocenters. The quantitative estimate of drug-likeness (QED) is 0.659. The number of hydrogen-bond donors (Lipinski definition) is 1. The fraction of sp³-hybridized carbons (Fsp3) is 0.667. The van der Waals surface area contributed by atoms with E-state index in [9.17, 15) is 4.79 Å². The Balaban J connectivity index is 1.82. The van der Waals surface area contributed by atoms with E-state index < -0.39 is 0 Å². The van der Waals surface area contributed by atoms with E-state index in [1.807, 2.05) is 19.9 Å². The smallest absolute Gasteiger partial charge is 0.409 e. The molecular weight excluding hydrogens is 298 g/mol. The molecule has 0 radical (unpaired) electrons. The fourth-order valence-electron chi connectivity index (χ4n) is 2.42. The van der Waals surface area contributed by atoms with E-state index in [1.54, 1.807) is 11.9 Å². The Morgan fingerprint density at radius 3 is 2.61 bits per heavy atom. The Bertz CT molecular complexity index is 535. The maximum Gasteiger partial charge on any atom is 0.409 e. The summed E-state index contributed by atoms with van der Waals surface area (Å²) in [4.78, 5) is 19.8.